The van der Waals surface area contributed by atoms with Gasteiger partial charge < -0.3 is 5.32 Å². The Labute approximate surface area is 92.9 Å². The van der Waals surface area contributed by atoms with Crippen LogP contribution in [0.2, 0.25) is 0 Å². The van der Waals surface area contributed by atoms with Crippen LogP contribution in [0, 0.1) is 12.3 Å². The fourth-order valence-corrected chi connectivity index (χ4v) is 2.05. The highest BCUT2D eigenvalue weighted by atomic mass is 15.3. The van der Waals surface area contributed by atoms with Crippen LogP contribution in [-0.4, -0.2) is 23.4 Å². The van der Waals surface area contributed by atoms with E-state index in [1.54, 1.807) is 0 Å². The number of hydrogen-bond donors (Lipinski definition) is 1. The average molecular weight is 209 g/mol. The monoisotopic (exact) mass is 209 g/mol. The van der Waals surface area contributed by atoms with Gasteiger partial charge in [-0.1, -0.05) is 13.8 Å². The van der Waals surface area contributed by atoms with Crippen LogP contribution in [0.25, 0.3) is 0 Å². The maximum Gasteiger partial charge on any atom is 0.0596 e. The van der Waals surface area contributed by atoms with Crippen LogP contribution in [0.3, 0.4) is 0 Å². The lowest BCUT2D eigenvalue weighted by atomic mass is 9.87. The molecule has 0 atom stereocenters. The van der Waals surface area contributed by atoms with Crippen molar-refractivity contribution in [3.63, 3.8) is 0 Å². The second-order valence-electron chi connectivity index (χ2n) is 4.96. The summed E-state index contributed by atoms with van der Waals surface area (Å²) in [7, 11) is 2.00. The molecule has 0 aliphatic carbocycles. The highest BCUT2D eigenvalue weighted by Crippen LogP contribution is 2.21. The third-order valence-electron chi connectivity index (χ3n) is 2.60. The lowest BCUT2D eigenvalue weighted by molar-refractivity contribution is 0.339. The van der Waals surface area contributed by atoms with Gasteiger partial charge in [0.25, 0.3) is 0 Å². The van der Waals surface area contributed by atoms with Gasteiger partial charge in [0, 0.05) is 18.8 Å². The van der Waals surface area contributed by atoms with Crippen LogP contribution < -0.4 is 5.32 Å². The molecular formula is C12H23N3. The van der Waals surface area contributed by atoms with Crippen molar-refractivity contribution in [3.8, 4) is 0 Å². The zero-order valence-electron chi connectivity index (χ0n) is 10.6. The van der Waals surface area contributed by atoms with Crippen LogP contribution in [0.15, 0.2) is 6.07 Å². The normalized spacial score (nSPS) is 12.1. The Morgan fingerprint density at radius 2 is 2.13 bits per heavy atom. The third-order valence-corrected chi connectivity index (χ3v) is 2.60. The zero-order chi connectivity index (χ0) is 11.5. The van der Waals surface area contributed by atoms with Crippen LogP contribution >= 0.6 is 0 Å². The first-order chi connectivity index (χ1) is 6.98. The molecule has 0 amide bonds. The molecule has 0 saturated heterocycles. The highest BCUT2D eigenvalue weighted by molar-refractivity contribution is 5.10. The van der Waals surface area contributed by atoms with E-state index in [9.17, 15) is 0 Å². The van der Waals surface area contributed by atoms with Crippen molar-refractivity contribution >= 4 is 0 Å². The van der Waals surface area contributed by atoms with E-state index in [-0.39, 0.29) is 5.41 Å². The zero-order valence-corrected chi connectivity index (χ0v) is 10.6. The van der Waals surface area contributed by atoms with Gasteiger partial charge in [-0.3, -0.25) is 4.68 Å². The molecule has 1 aromatic heterocycles. The lowest BCUT2D eigenvalue weighted by Gasteiger charge is -2.24. The Kier molecular flexibility index (Phi) is 3.91. The molecule has 0 aliphatic rings. The molecule has 0 radical (unpaired) electrons. The van der Waals surface area contributed by atoms with E-state index in [4.69, 9.17) is 0 Å². The molecule has 15 heavy (non-hydrogen) atoms. The van der Waals surface area contributed by atoms with Gasteiger partial charge >= 0.3 is 0 Å². The quantitative estimate of drug-likeness (QED) is 0.804. The second kappa shape index (κ2) is 4.79. The van der Waals surface area contributed by atoms with Gasteiger partial charge in [0.2, 0.25) is 0 Å². The second-order valence-corrected chi connectivity index (χ2v) is 4.96. The fraction of sp³-hybridized carbons (Fsp3) is 0.750. The van der Waals surface area contributed by atoms with Crippen molar-refractivity contribution in [2.75, 3.05) is 13.6 Å². The molecule has 0 unspecified atom stereocenters. The van der Waals surface area contributed by atoms with E-state index in [1.165, 1.54) is 5.69 Å². The Morgan fingerprint density at radius 3 is 2.67 bits per heavy atom. The minimum Gasteiger partial charge on any atom is -0.319 e. The summed E-state index contributed by atoms with van der Waals surface area (Å²) < 4.78 is 2.10. The summed E-state index contributed by atoms with van der Waals surface area (Å²) >= 11 is 0. The largest absolute Gasteiger partial charge is 0.319 e. The summed E-state index contributed by atoms with van der Waals surface area (Å²) in [4.78, 5) is 0. The minimum absolute atomic E-state index is 0.286. The van der Waals surface area contributed by atoms with Crippen LogP contribution in [0.5, 0.6) is 0 Å². The first-order valence-corrected chi connectivity index (χ1v) is 5.66. The van der Waals surface area contributed by atoms with Gasteiger partial charge in [0.15, 0.2) is 0 Å². The van der Waals surface area contributed by atoms with Crippen molar-refractivity contribution in [3.05, 3.63) is 17.5 Å². The van der Waals surface area contributed by atoms with E-state index < -0.39 is 0 Å². The highest BCUT2D eigenvalue weighted by Gasteiger charge is 2.19. The van der Waals surface area contributed by atoms with Crippen molar-refractivity contribution in [1.29, 1.82) is 0 Å². The summed E-state index contributed by atoms with van der Waals surface area (Å²) in [6.07, 6.45) is 1.07. The summed E-state index contributed by atoms with van der Waals surface area (Å²) in [5.74, 6) is 0. The van der Waals surface area contributed by atoms with Crippen LogP contribution in [0.4, 0.5) is 0 Å². The number of aryl methyl sites for hydroxylation is 2. The van der Waals surface area contributed by atoms with Crippen molar-refractivity contribution in [2.45, 2.75) is 40.7 Å². The molecule has 0 spiro atoms. The van der Waals surface area contributed by atoms with Gasteiger partial charge in [-0.15, -0.1) is 0 Å². The molecule has 0 bridgehead atoms. The van der Waals surface area contributed by atoms with Gasteiger partial charge in [-0.05, 0) is 38.8 Å². The van der Waals surface area contributed by atoms with Gasteiger partial charge in [-0.25, -0.2) is 0 Å². The predicted octanol–water partition coefficient (Wildman–Crippen LogP) is 2.00. The molecule has 0 aromatic carbocycles. The molecule has 3 heteroatoms. The van der Waals surface area contributed by atoms with E-state index in [0.717, 1.165) is 25.2 Å². The number of rotatable bonds is 5. The molecule has 3 nitrogen and oxygen atoms in total. The summed E-state index contributed by atoms with van der Waals surface area (Å²) in [6, 6.07) is 2.20. The summed E-state index contributed by atoms with van der Waals surface area (Å²) in [5, 5.41) is 7.71. The van der Waals surface area contributed by atoms with E-state index in [2.05, 4.69) is 48.9 Å². The SMILES string of the molecule is CCn1nc(C)cc1CC(C)(C)CNC. The maximum absolute atomic E-state index is 4.47. The average Bonchev–Trinajstić information content (AvgIpc) is 2.44. The summed E-state index contributed by atoms with van der Waals surface area (Å²) in [5.41, 5.74) is 2.75. The van der Waals surface area contributed by atoms with Gasteiger partial charge in [0.05, 0.1) is 5.69 Å². The molecule has 1 aromatic rings. The number of nitrogens with one attached hydrogen (secondary N) is 1. The fourth-order valence-electron chi connectivity index (χ4n) is 2.05. The molecule has 1 N–H and O–H groups in total. The molecule has 1 heterocycles. The molecule has 0 saturated carbocycles. The topological polar surface area (TPSA) is 29.9 Å². The van der Waals surface area contributed by atoms with E-state index in [0.29, 0.717) is 0 Å². The Morgan fingerprint density at radius 1 is 1.47 bits per heavy atom. The Balaban J connectivity index is 2.78. The molecule has 0 fully saturated rings. The Hall–Kier alpha value is -0.830. The Bertz CT molecular complexity index is 313. The third kappa shape index (κ3) is 3.34. The minimum atomic E-state index is 0.286. The van der Waals surface area contributed by atoms with E-state index >= 15 is 0 Å². The maximum atomic E-state index is 4.47. The van der Waals surface area contributed by atoms with Crippen LogP contribution in [-0.2, 0) is 13.0 Å². The molecule has 86 valence electrons. The van der Waals surface area contributed by atoms with Crippen molar-refractivity contribution < 1.29 is 0 Å². The predicted molar refractivity (Wildman–Crippen MR) is 64.0 cm³/mol. The van der Waals surface area contributed by atoms with Crippen molar-refractivity contribution in [1.82, 2.24) is 15.1 Å². The lowest BCUT2D eigenvalue weighted by Crippen LogP contribution is -2.29. The summed E-state index contributed by atoms with van der Waals surface area (Å²) in [6.45, 7) is 10.7. The molecule has 1 rings (SSSR count). The number of aromatic nitrogens is 2. The van der Waals surface area contributed by atoms with Gasteiger partial charge in [0.1, 0.15) is 0 Å². The first-order valence-electron chi connectivity index (χ1n) is 5.66. The number of hydrogen-bond acceptors (Lipinski definition) is 2. The smallest absolute Gasteiger partial charge is 0.0596 e. The molecular weight excluding hydrogens is 186 g/mol. The number of nitrogens with zero attached hydrogens (tertiary/aromatic N) is 2. The van der Waals surface area contributed by atoms with Crippen LogP contribution in [0.1, 0.15) is 32.2 Å². The van der Waals surface area contributed by atoms with E-state index in [1.807, 2.05) is 7.05 Å². The van der Waals surface area contributed by atoms with Gasteiger partial charge in [-0.2, -0.15) is 5.10 Å². The molecule has 0 aliphatic heterocycles. The standard InChI is InChI=1S/C12H23N3/c1-6-15-11(7-10(2)14-15)8-12(3,4)9-13-5/h7,13H,6,8-9H2,1-5H3. The van der Waals surface area contributed by atoms with Crippen molar-refractivity contribution in [2.24, 2.45) is 5.41 Å². The first kappa shape index (κ1) is 12.2.